The molecule has 2 aromatic carbocycles. The number of rotatable bonds is 7. The van der Waals surface area contributed by atoms with Gasteiger partial charge in [-0.25, -0.2) is 4.39 Å². The van der Waals surface area contributed by atoms with E-state index in [0.717, 1.165) is 17.5 Å². The number of para-hydroxylation sites is 1. The molecule has 0 unspecified atom stereocenters. The number of halogens is 1. The van der Waals surface area contributed by atoms with Gasteiger partial charge in [-0.05, 0) is 37.2 Å². The molecule has 0 aromatic heterocycles. The van der Waals surface area contributed by atoms with Crippen molar-refractivity contribution in [3.8, 4) is 11.5 Å². The minimum atomic E-state index is -0.355. The van der Waals surface area contributed by atoms with Gasteiger partial charge in [-0.15, -0.1) is 0 Å². The van der Waals surface area contributed by atoms with Crippen LogP contribution in [0.3, 0.4) is 0 Å². The SMILES string of the molecule is CNCc1cccc(F)c1Oc1ccc(CCOC)cc1. The van der Waals surface area contributed by atoms with Gasteiger partial charge < -0.3 is 14.8 Å². The van der Waals surface area contributed by atoms with E-state index in [0.29, 0.717) is 18.9 Å². The van der Waals surface area contributed by atoms with Crippen LogP contribution in [0.15, 0.2) is 42.5 Å². The average molecular weight is 289 g/mol. The van der Waals surface area contributed by atoms with Gasteiger partial charge in [0, 0.05) is 19.2 Å². The Morgan fingerprint density at radius 3 is 2.52 bits per heavy atom. The van der Waals surface area contributed by atoms with Gasteiger partial charge in [-0.3, -0.25) is 0 Å². The number of nitrogens with one attached hydrogen (secondary N) is 1. The monoisotopic (exact) mass is 289 g/mol. The highest BCUT2D eigenvalue weighted by Crippen LogP contribution is 2.28. The van der Waals surface area contributed by atoms with E-state index in [4.69, 9.17) is 9.47 Å². The standard InChI is InChI=1S/C17H20FNO2/c1-19-12-14-4-3-5-16(18)17(14)21-15-8-6-13(7-9-15)10-11-20-2/h3-9,19H,10-12H2,1-2H3. The topological polar surface area (TPSA) is 30.5 Å². The van der Waals surface area contributed by atoms with Gasteiger partial charge in [0.05, 0.1) is 6.61 Å². The lowest BCUT2D eigenvalue weighted by molar-refractivity contribution is 0.202. The number of hydrogen-bond acceptors (Lipinski definition) is 3. The molecule has 0 atom stereocenters. The summed E-state index contributed by atoms with van der Waals surface area (Å²) in [6.07, 6.45) is 0.849. The maximum absolute atomic E-state index is 13.9. The molecule has 0 saturated heterocycles. The van der Waals surface area contributed by atoms with Crippen LogP contribution in [0.25, 0.3) is 0 Å². The molecule has 0 aliphatic rings. The highest BCUT2D eigenvalue weighted by molar-refractivity contribution is 5.39. The van der Waals surface area contributed by atoms with Crippen LogP contribution in [-0.4, -0.2) is 20.8 Å². The van der Waals surface area contributed by atoms with E-state index in [9.17, 15) is 4.39 Å². The smallest absolute Gasteiger partial charge is 0.167 e. The van der Waals surface area contributed by atoms with E-state index in [1.165, 1.54) is 6.07 Å². The predicted molar refractivity (Wildman–Crippen MR) is 81.3 cm³/mol. The van der Waals surface area contributed by atoms with Crippen LogP contribution >= 0.6 is 0 Å². The zero-order valence-corrected chi connectivity index (χ0v) is 12.4. The number of methoxy groups -OCH3 is 1. The molecule has 0 aliphatic heterocycles. The minimum Gasteiger partial charge on any atom is -0.454 e. The summed E-state index contributed by atoms with van der Waals surface area (Å²) in [7, 11) is 3.50. The summed E-state index contributed by atoms with van der Waals surface area (Å²) in [5.74, 6) is 0.543. The molecule has 0 amide bonds. The van der Waals surface area contributed by atoms with Crippen LogP contribution in [0.5, 0.6) is 11.5 Å². The van der Waals surface area contributed by atoms with Gasteiger partial charge in [0.1, 0.15) is 5.75 Å². The van der Waals surface area contributed by atoms with Gasteiger partial charge in [0.15, 0.2) is 11.6 Å². The fourth-order valence-corrected chi connectivity index (χ4v) is 2.06. The molecule has 3 nitrogen and oxygen atoms in total. The van der Waals surface area contributed by atoms with Gasteiger partial charge in [0.2, 0.25) is 0 Å². The second-order valence-electron chi connectivity index (χ2n) is 4.75. The van der Waals surface area contributed by atoms with E-state index >= 15 is 0 Å². The second-order valence-corrected chi connectivity index (χ2v) is 4.75. The van der Waals surface area contributed by atoms with Crippen molar-refractivity contribution < 1.29 is 13.9 Å². The summed E-state index contributed by atoms with van der Waals surface area (Å²) < 4.78 is 24.7. The fraction of sp³-hybridized carbons (Fsp3) is 0.294. The Hall–Kier alpha value is -1.91. The largest absolute Gasteiger partial charge is 0.454 e. The number of hydrogen-bond donors (Lipinski definition) is 1. The predicted octanol–water partition coefficient (Wildman–Crippen LogP) is 3.53. The Morgan fingerprint density at radius 1 is 1.10 bits per heavy atom. The second kappa shape index (κ2) is 7.76. The lowest BCUT2D eigenvalue weighted by Gasteiger charge is -2.12. The van der Waals surface area contributed by atoms with Crippen molar-refractivity contribution in [3.63, 3.8) is 0 Å². The Morgan fingerprint density at radius 2 is 1.86 bits per heavy atom. The average Bonchev–Trinajstić information content (AvgIpc) is 2.50. The van der Waals surface area contributed by atoms with Gasteiger partial charge in [0.25, 0.3) is 0 Å². The van der Waals surface area contributed by atoms with Crippen molar-refractivity contribution in [2.75, 3.05) is 20.8 Å². The quantitative estimate of drug-likeness (QED) is 0.846. The van der Waals surface area contributed by atoms with Crippen molar-refractivity contribution in [3.05, 3.63) is 59.4 Å². The summed E-state index contributed by atoms with van der Waals surface area (Å²) >= 11 is 0. The van der Waals surface area contributed by atoms with Crippen molar-refractivity contribution in [2.45, 2.75) is 13.0 Å². The van der Waals surface area contributed by atoms with E-state index < -0.39 is 0 Å². The zero-order valence-electron chi connectivity index (χ0n) is 12.4. The molecule has 0 heterocycles. The van der Waals surface area contributed by atoms with Crippen molar-refractivity contribution in [2.24, 2.45) is 0 Å². The van der Waals surface area contributed by atoms with Crippen molar-refractivity contribution in [1.82, 2.24) is 5.32 Å². The van der Waals surface area contributed by atoms with E-state index in [1.54, 1.807) is 13.2 Å². The Balaban J connectivity index is 2.14. The molecule has 21 heavy (non-hydrogen) atoms. The van der Waals surface area contributed by atoms with E-state index in [-0.39, 0.29) is 11.6 Å². The van der Waals surface area contributed by atoms with Crippen molar-refractivity contribution in [1.29, 1.82) is 0 Å². The molecule has 0 aliphatic carbocycles. The number of ether oxygens (including phenoxy) is 2. The van der Waals surface area contributed by atoms with Crippen LogP contribution in [0.4, 0.5) is 4.39 Å². The molecule has 112 valence electrons. The molecule has 2 rings (SSSR count). The third kappa shape index (κ3) is 4.28. The summed E-state index contributed by atoms with van der Waals surface area (Å²) in [4.78, 5) is 0. The summed E-state index contributed by atoms with van der Waals surface area (Å²) in [6.45, 7) is 1.23. The molecule has 1 N–H and O–H groups in total. The Bertz CT molecular complexity index is 570. The van der Waals surface area contributed by atoms with Crippen molar-refractivity contribution >= 4 is 0 Å². The van der Waals surface area contributed by atoms with Gasteiger partial charge in [-0.2, -0.15) is 0 Å². The first kappa shape index (κ1) is 15.5. The first-order valence-corrected chi connectivity index (χ1v) is 6.92. The third-order valence-electron chi connectivity index (χ3n) is 3.15. The maximum atomic E-state index is 13.9. The molecule has 0 radical (unpaired) electrons. The molecule has 0 saturated carbocycles. The maximum Gasteiger partial charge on any atom is 0.167 e. The van der Waals surface area contributed by atoms with Crippen LogP contribution in [-0.2, 0) is 17.7 Å². The zero-order chi connectivity index (χ0) is 15.1. The molecule has 0 spiro atoms. The molecule has 2 aromatic rings. The van der Waals surface area contributed by atoms with E-state index in [1.807, 2.05) is 37.4 Å². The summed E-state index contributed by atoms with van der Waals surface area (Å²) in [6, 6.07) is 12.6. The van der Waals surface area contributed by atoms with Crippen LogP contribution in [0, 0.1) is 5.82 Å². The first-order chi connectivity index (χ1) is 10.2. The number of benzene rings is 2. The molecule has 0 fully saturated rings. The lowest BCUT2D eigenvalue weighted by atomic mass is 10.1. The highest BCUT2D eigenvalue weighted by Gasteiger charge is 2.10. The van der Waals surface area contributed by atoms with E-state index in [2.05, 4.69) is 5.32 Å². The highest BCUT2D eigenvalue weighted by atomic mass is 19.1. The molecule has 0 bridgehead atoms. The molecule has 4 heteroatoms. The van der Waals surface area contributed by atoms with Gasteiger partial charge >= 0.3 is 0 Å². The normalized spacial score (nSPS) is 10.6. The fourth-order valence-electron chi connectivity index (χ4n) is 2.06. The lowest BCUT2D eigenvalue weighted by Crippen LogP contribution is -2.07. The third-order valence-corrected chi connectivity index (χ3v) is 3.15. The summed E-state index contributed by atoms with van der Waals surface area (Å²) in [5, 5.41) is 3.01. The Labute approximate surface area is 124 Å². The first-order valence-electron chi connectivity index (χ1n) is 6.92. The van der Waals surface area contributed by atoms with Crippen LogP contribution in [0.2, 0.25) is 0 Å². The van der Waals surface area contributed by atoms with Crippen LogP contribution < -0.4 is 10.1 Å². The Kier molecular flexibility index (Phi) is 5.72. The minimum absolute atomic E-state index is 0.275. The van der Waals surface area contributed by atoms with Crippen LogP contribution in [0.1, 0.15) is 11.1 Å². The molecular weight excluding hydrogens is 269 g/mol. The van der Waals surface area contributed by atoms with Gasteiger partial charge in [-0.1, -0.05) is 24.3 Å². The summed E-state index contributed by atoms with van der Waals surface area (Å²) in [5.41, 5.74) is 1.95. The molecular formula is C17H20FNO2.